The zero-order valence-electron chi connectivity index (χ0n) is 22.8. The molecule has 182 valence electrons. The number of pyridine rings is 1. The summed E-state index contributed by atoms with van der Waals surface area (Å²) in [5.74, 6) is 0. The zero-order chi connectivity index (χ0) is 25.6. The topological polar surface area (TPSA) is 17.0 Å². The van der Waals surface area contributed by atoms with Gasteiger partial charge in [-0.25, -0.2) is 4.57 Å². The van der Waals surface area contributed by atoms with E-state index in [0.717, 1.165) is 17.6 Å². The Kier molecular flexibility index (Phi) is 4.83. The van der Waals surface area contributed by atoms with E-state index in [9.17, 15) is 0 Å². The molecule has 0 saturated carbocycles. The fraction of sp³-hybridized carbons (Fsp3) is 0.324. The van der Waals surface area contributed by atoms with Gasteiger partial charge in [0, 0.05) is 27.8 Å². The van der Waals surface area contributed by atoms with Crippen molar-refractivity contribution in [3.8, 4) is 22.4 Å². The van der Waals surface area contributed by atoms with Gasteiger partial charge in [-0.2, -0.15) is 0 Å². The van der Waals surface area contributed by atoms with E-state index in [2.05, 4.69) is 121 Å². The van der Waals surface area contributed by atoms with Crippen molar-refractivity contribution in [2.45, 2.75) is 60.3 Å². The average molecular weight is 475 g/mol. The number of nitrogens with zero attached hydrogens (tertiary/aromatic N) is 1. The molecule has 2 heterocycles. The Balaban J connectivity index is 1.79. The molecule has 0 spiro atoms. The molecule has 2 aromatic heterocycles. The summed E-state index contributed by atoms with van der Waals surface area (Å²) in [6, 6.07) is 19.9. The Morgan fingerprint density at radius 1 is 0.917 bits per heavy atom. The lowest BCUT2D eigenvalue weighted by Crippen LogP contribution is -2.32. The maximum Gasteiger partial charge on any atom is 0.216 e. The van der Waals surface area contributed by atoms with E-state index in [1.165, 1.54) is 61.0 Å². The van der Waals surface area contributed by atoms with Crippen LogP contribution in [-0.4, -0.2) is 0 Å². The van der Waals surface area contributed by atoms with Crippen molar-refractivity contribution in [1.82, 2.24) is 0 Å². The molecule has 1 aliphatic rings. The molecule has 1 aliphatic carbocycles. The summed E-state index contributed by atoms with van der Waals surface area (Å²) in [5, 5.41) is 2.44. The number of fused-ring (bicyclic) bond motifs is 7. The first kappa shape index (κ1) is 23.0. The highest BCUT2D eigenvalue weighted by molar-refractivity contribution is 6.19. The number of aromatic nitrogens is 1. The summed E-state index contributed by atoms with van der Waals surface area (Å²) < 4.78 is 9.03. The maximum atomic E-state index is 6.74. The van der Waals surface area contributed by atoms with E-state index in [4.69, 9.17) is 4.42 Å². The van der Waals surface area contributed by atoms with Gasteiger partial charge in [0.1, 0.15) is 18.2 Å². The van der Waals surface area contributed by atoms with Crippen LogP contribution >= 0.6 is 0 Å². The van der Waals surface area contributed by atoms with Crippen molar-refractivity contribution in [1.29, 1.82) is 0 Å². The first-order chi connectivity index (χ1) is 17.0. The minimum absolute atomic E-state index is 0.0885. The molecule has 0 radical (unpaired) electrons. The van der Waals surface area contributed by atoms with E-state index >= 15 is 0 Å². The number of hydrogen-bond acceptors (Lipinski definition) is 1. The highest BCUT2D eigenvalue weighted by Gasteiger charge is 2.41. The molecule has 5 aromatic rings. The van der Waals surface area contributed by atoms with Crippen LogP contribution < -0.4 is 4.57 Å². The molecule has 2 heteroatoms. The lowest BCUT2D eigenvalue weighted by molar-refractivity contribution is -0.660. The molecule has 0 atom stereocenters. The Morgan fingerprint density at radius 3 is 2.36 bits per heavy atom. The highest BCUT2D eigenvalue weighted by Crippen LogP contribution is 2.56. The predicted molar refractivity (Wildman–Crippen MR) is 151 cm³/mol. The lowest BCUT2D eigenvalue weighted by Gasteiger charge is -2.25. The maximum absolute atomic E-state index is 6.74. The third-order valence-electron chi connectivity index (χ3n) is 8.13. The third kappa shape index (κ3) is 3.20. The van der Waals surface area contributed by atoms with Crippen LogP contribution in [0.1, 0.15) is 62.4 Å². The SMILES string of the molecule is Cc1c[n+](C)c(-c2c(C)c3c(c4c2oc2ccccc24)-c2ccccc2C3(C)C)cc1CC(C)(C)C. The quantitative estimate of drug-likeness (QED) is 0.234. The summed E-state index contributed by atoms with van der Waals surface area (Å²) in [6.45, 7) is 16.2. The smallest absolute Gasteiger partial charge is 0.216 e. The van der Waals surface area contributed by atoms with Gasteiger partial charge in [-0.15, -0.1) is 0 Å². The van der Waals surface area contributed by atoms with E-state index < -0.39 is 0 Å². The molecule has 0 N–H and O–H groups in total. The number of aryl methyl sites for hydroxylation is 2. The molecular formula is C34H36NO+. The molecular weight excluding hydrogens is 438 g/mol. The number of hydrogen-bond donors (Lipinski definition) is 0. The Bertz CT molecular complexity index is 1690. The summed E-state index contributed by atoms with van der Waals surface area (Å²) >= 11 is 0. The van der Waals surface area contributed by atoms with Crippen molar-refractivity contribution in [3.05, 3.63) is 88.6 Å². The van der Waals surface area contributed by atoms with E-state index in [0.29, 0.717) is 0 Å². The van der Waals surface area contributed by atoms with Crippen LogP contribution in [0.2, 0.25) is 0 Å². The molecule has 0 aliphatic heterocycles. The largest absolute Gasteiger partial charge is 0.455 e. The number of benzene rings is 3. The molecule has 0 bridgehead atoms. The molecule has 36 heavy (non-hydrogen) atoms. The zero-order valence-corrected chi connectivity index (χ0v) is 22.8. The molecule has 0 amide bonds. The van der Waals surface area contributed by atoms with Crippen LogP contribution in [0.5, 0.6) is 0 Å². The Hall–Kier alpha value is -3.39. The fourth-order valence-electron chi connectivity index (χ4n) is 6.65. The van der Waals surface area contributed by atoms with Crippen LogP contribution in [0, 0.1) is 19.3 Å². The molecule has 0 unspecified atom stereocenters. The molecule has 3 aromatic carbocycles. The van der Waals surface area contributed by atoms with Crippen molar-refractivity contribution < 1.29 is 8.98 Å². The number of rotatable bonds is 2. The fourth-order valence-corrected chi connectivity index (χ4v) is 6.65. The van der Waals surface area contributed by atoms with Crippen LogP contribution in [0.15, 0.2) is 65.2 Å². The second-order valence-corrected chi connectivity index (χ2v) is 12.4. The van der Waals surface area contributed by atoms with Crippen molar-refractivity contribution in [2.24, 2.45) is 12.5 Å². The normalized spacial score (nSPS) is 14.4. The van der Waals surface area contributed by atoms with Gasteiger partial charge in [-0.3, -0.25) is 0 Å². The minimum Gasteiger partial charge on any atom is -0.455 e. The van der Waals surface area contributed by atoms with Gasteiger partial charge in [0.05, 0.1) is 5.56 Å². The van der Waals surface area contributed by atoms with Gasteiger partial charge in [0.25, 0.3) is 0 Å². The first-order valence-electron chi connectivity index (χ1n) is 13.1. The molecule has 2 nitrogen and oxygen atoms in total. The van der Waals surface area contributed by atoms with E-state index in [1.54, 1.807) is 0 Å². The van der Waals surface area contributed by atoms with Crippen LogP contribution in [0.3, 0.4) is 0 Å². The van der Waals surface area contributed by atoms with E-state index in [1.807, 2.05) is 0 Å². The minimum atomic E-state index is -0.0885. The van der Waals surface area contributed by atoms with Crippen LogP contribution in [0.25, 0.3) is 44.3 Å². The molecule has 0 fully saturated rings. The average Bonchev–Trinajstić information content (AvgIpc) is 3.29. The van der Waals surface area contributed by atoms with Crippen LogP contribution in [-0.2, 0) is 18.9 Å². The standard InChI is InChI=1S/C34H36NO/c1-20-19-35(8)26(17-22(20)18-33(3,4)5)28-21(2)31-29(23-13-9-11-15-25(23)34(31,6)7)30-24-14-10-12-16-27(24)36-32(28)30/h9-17,19H,18H2,1-8H3/q+1. The van der Waals surface area contributed by atoms with Gasteiger partial charge in [0.2, 0.25) is 5.69 Å². The first-order valence-corrected chi connectivity index (χ1v) is 13.1. The number of para-hydroxylation sites is 1. The highest BCUT2D eigenvalue weighted by atomic mass is 16.3. The third-order valence-corrected chi connectivity index (χ3v) is 8.13. The lowest BCUT2D eigenvalue weighted by atomic mass is 9.78. The summed E-state index contributed by atoms with van der Waals surface area (Å²) in [7, 11) is 2.17. The van der Waals surface area contributed by atoms with Crippen molar-refractivity contribution >= 4 is 21.9 Å². The summed E-state index contributed by atoms with van der Waals surface area (Å²) in [6.07, 6.45) is 3.33. The number of furan rings is 1. The summed E-state index contributed by atoms with van der Waals surface area (Å²) in [4.78, 5) is 0. The van der Waals surface area contributed by atoms with E-state index in [-0.39, 0.29) is 10.8 Å². The Labute approximate surface area is 214 Å². The monoisotopic (exact) mass is 474 g/mol. The molecule has 6 rings (SSSR count). The van der Waals surface area contributed by atoms with Crippen LogP contribution in [0.4, 0.5) is 0 Å². The second kappa shape index (κ2) is 7.56. The Morgan fingerprint density at radius 2 is 1.61 bits per heavy atom. The van der Waals surface area contributed by atoms with Gasteiger partial charge in [-0.05, 0) is 65.1 Å². The van der Waals surface area contributed by atoms with Gasteiger partial charge in [0.15, 0.2) is 6.20 Å². The van der Waals surface area contributed by atoms with Gasteiger partial charge >= 0.3 is 0 Å². The summed E-state index contributed by atoms with van der Waals surface area (Å²) in [5.41, 5.74) is 14.1. The van der Waals surface area contributed by atoms with Gasteiger partial charge < -0.3 is 4.42 Å². The van der Waals surface area contributed by atoms with Gasteiger partial charge in [-0.1, -0.05) is 77.1 Å². The van der Waals surface area contributed by atoms with Crippen molar-refractivity contribution in [2.75, 3.05) is 0 Å². The molecule has 0 saturated heterocycles. The predicted octanol–water partition coefficient (Wildman–Crippen LogP) is 8.59. The second-order valence-electron chi connectivity index (χ2n) is 12.4. The van der Waals surface area contributed by atoms with Crippen molar-refractivity contribution in [3.63, 3.8) is 0 Å².